The average molecular weight is 273 g/mol. The van der Waals surface area contributed by atoms with Crippen LogP contribution < -0.4 is 0 Å². The van der Waals surface area contributed by atoms with Gasteiger partial charge in [0.05, 0.1) is 5.69 Å². The Labute approximate surface area is 123 Å². The molecule has 0 bridgehead atoms. The van der Waals surface area contributed by atoms with Crippen LogP contribution in [0.15, 0.2) is 59.0 Å². The lowest BCUT2D eigenvalue weighted by Gasteiger charge is -2.04. The van der Waals surface area contributed by atoms with Crippen molar-refractivity contribution in [2.24, 2.45) is 0 Å². The van der Waals surface area contributed by atoms with E-state index in [4.69, 9.17) is 4.42 Å². The summed E-state index contributed by atoms with van der Waals surface area (Å²) in [7, 11) is 0. The molecule has 2 aromatic heterocycles. The first-order valence-corrected chi connectivity index (χ1v) is 7.08. The molecule has 0 fully saturated rings. The molecule has 0 unspecified atom stereocenters. The second-order valence-corrected chi connectivity index (χ2v) is 5.45. The van der Waals surface area contributed by atoms with Gasteiger partial charge < -0.3 is 4.42 Å². The Morgan fingerprint density at radius 3 is 2.52 bits per heavy atom. The van der Waals surface area contributed by atoms with E-state index in [0.29, 0.717) is 5.71 Å². The van der Waals surface area contributed by atoms with Gasteiger partial charge >= 0.3 is 0 Å². The minimum Gasteiger partial charge on any atom is -0.438 e. The van der Waals surface area contributed by atoms with Gasteiger partial charge in [0.25, 0.3) is 0 Å². The number of benzene rings is 2. The Kier molecular flexibility index (Phi) is 2.58. The first-order chi connectivity index (χ1) is 10.2. The third kappa shape index (κ3) is 1.91. The molecule has 4 rings (SSSR count). The van der Waals surface area contributed by atoms with Crippen LogP contribution in [0.1, 0.15) is 11.1 Å². The van der Waals surface area contributed by atoms with Crippen LogP contribution in [0.5, 0.6) is 0 Å². The maximum atomic E-state index is 5.86. The third-order valence-corrected chi connectivity index (χ3v) is 4.05. The van der Waals surface area contributed by atoms with Crippen molar-refractivity contribution in [3.8, 4) is 11.3 Å². The summed E-state index contributed by atoms with van der Waals surface area (Å²) in [4.78, 5) is 4.69. The molecular formula is C19H15NO. The summed E-state index contributed by atoms with van der Waals surface area (Å²) >= 11 is 0. The summed E-state index contributed by atoms with van der Waals surface area (Å²) in [6, 6.07) is 18.6. The fourth-order valence-electron chi connectivity index (χ4n) is 2.67. The van der Waals surface area contributed by atoms with Crippen LogP contribution in [0.25, 0.3) is 33.3 Å². The van der Waals surface area contributed by atoms with E-state index in [1.165, 1.54) is 11.1 Å². The Hall–Kier alpha value is -2.61. The van der Waals surface area contributed by atoms with Gasteiger partial charge in [0.1, 0.15) is 5.58 Å². The monoisotopic (exact) mass is 273 g/mol. The molecule has 102 valence electrons. The van der Waals surface area contributed by atoms with E-state index in [1.54, 1.807) is 0 Å². The number of fused-ring (bicyclic) bond motifs is 3. The molecule has 0 amide bonds. The molecule has 0 N–H and O–H groups in total. The number of furan rings is 1. The smallest absolute Gasteiger partial charge is 0.227 e. The van der Waals surface area contributed by atoms with E-state index in [-0.39, 0.29) is 0 Å². The highest BCUT2D eigenvalue weighted by atomic mass is 16.3. The molecule has 2 heteroatoms. The largest absolute Gasteiger partial charge is 0.438 e. The zero-order chi connectivity index (χ0) is 14.4. The molecule has 0 spiro atoms. The molecule has 0 atom stereocenters. The zero-order valence-corrected chi connectivity index (χ0v) is 12.1. The first-order valence-electron chi connectivity index (χ1n) is 7.08. The summed E-state index contributed by atoms with van der Waals surface area (Å²) in [5.41, 5.74) is 6.23. The summed E-state index contributed by atoms with van der Waals surface area (Å²) in [5, 5.41) is 2.19. The molecule has 4 aromatic rings. The van der Waals surface area contributed by atoms with Gasteiger partial charge in [-0.3, -0.25) is 0 Å². The minimum absolute atomic E-state index is 0.701. The van der Waals surface area contributed by atoms with E-state index in [1.807, 2.05) is 18.2 Å². The highest BCUT2D eigenvalue weighted by molar-refractivity contribution is 6.03. The average Bonchev–Trinajstić information content (AvgIpc) is 2.87. The van der Waals surface area contributed by atoms with E-state index < -0.39 is 0 Å². The van der Waals surface area contributed by atoms with Crippen LogP contribution in [0.3, 0.4) is 0 Å². The van der Waals surface area contributed by atoms with Crippen LogP contribution in [-0.2, 0) is 0 Å². The second kappa shape index (κ2) is 4.45. The van der Waals surface area contributed by atoms with Gasteiger partial charge in [-0.2, -0.15) is 0 Å². The molecule has 0 aliphatic heterocycles. The maximum Gasteiger partial charge on any atom is 0.227 e. The maximum absolute atomic E-state index is 5.86. The fraction of sp³-hybridized carbons (Fsp3) is 0.105. The molecule has 0 saturated heterocycles. The number of para-hydroxylation sites is 1. The van der Waals surface area contributed by atoms with Crippen molar-refractivity contribution in [2.45, 2.75) is 13.8 Å². The van der Waals surface area contributed by atoms with Crippen molar-refractivity contribution < 1.29 is 4.42 Å². The molecule has 0 aliphatic rings. The summed E-state index contributed by atoms with van der Waals surface area (Å²) in [6.07, 6.45) is 0. The molecule has 2 nitrogen and oxygen atoms in total. The quantitative estimate of drug-likeness (QED) is 0.472. The van der Waals surface area contributed by atoms with E-state index >= 15 is 0 Å². The van der Waals surface area contributed by atoms with Gasteiger partial charge in [-0.1, -0.05) is 30.3 Å². The normalized spacial score (nSPS) is 11.3. The minimum atomic E-state index is 0.701. The summed E-state index contributed by atoms with van der Waals surface area (Å²) in [5.74, 6) is 0. The van der Waals surface area contributed by atoms with Crippen LogP contribution in [0, 0.1) is 13.8 Å². The molecular weight excluding hydrogens is 258 g/mol. The number of aromatic nitrogens is 1. The van der Waals surface area contributed by atoms with Crippen molar-refractivity contribution in [1.82, 2.24) is 4.98 Å². The van der Waals surface area contributed by atoms with Crippen molar-refractivity contribution in [1.29, 1.82) is 0 Å². The van der Waals surface area contributed by atoms with Gasteiger partial charge in [0.2, 0.25) is 5.71 Å². The van der Waals surface area contributed by atoms with E-state index in [2.05, 4.69) is 55.2 Å². The highest BCUT2D eigenvalue weighted by Gasteiger charge is 2.09. The lowest BCUT2D eigenvalue weighted by Crippen LogP contribution is -1.86. The zero-order valence-electron chi connectivity index (χ0n) is 12.1. The topological polar surface area (TPSA) is 26.0 Å². The van der Waals surface area contributed by atoms with Crippen molar-refractivity contribution in [2.75, 3.05) is 0 Å². The SMILES string of the molecule is Cc1ccc(-c2ccc3c(n2)oc2ccccc23)cc1C. The number of nitrogens with zero attached hydrogens (tertiary/aromatic N) is 1. The standard InChI is InChI=1S/C19H15NO/c1-12-7-8-14(11-13(12)2)17-10-9-16-15-5-3-4-6-18(15)21-19(16)20-17/h3-11H,1-2H3. The van der Waals surface area contributed by atoms with Gasteiger partial charge in [-0.15, -0.1) is 0 Å². The van der Waals surface area contributed by atoms with Gasteiger partial charge in [0.15, 0.2) is 0 Å². The predicted octanol–water partition coefficient (Wildman–Crippen LogP) is 5.26. The van der Waals surface area contributed by atoms with Gasteiger partial charge in [0, 0.05) is 16.3 Å². The number of pyridine rings is 1. The third-order valence-electron chi connectivity index (χ3n) is 4.05. The first kappa shape index (κ1) is 12.2. The Morgan fingerprint density at radius 2 is 1.67 bits per heavy atom. The Bertz CT molecular complexity index is 966. The fourth-order valence-corrected chi connectivity index (χ4v) is 2.67. The van der Waals surface area contributed by atoms with Crippen LogP contribution in [0.2, 0.25) is 0 Å². The molecule has 2 aromatic carbocycles. The number of hydrogen-bond donors (Lipinski definition) is 0. The van der Waals surface area contributed by atoms with Crippen LogP contribution in [-0.4, -0.2) is 4.98 Å². The molecule has 21 heavy (non-hydrogen) atoms. The lowest BCUT2D eigenvalue weighted by atomic mass is 10.0. The lowest BCUT2D eigenvalue weighted by molar-refractivity contribution is 0.654. The van der Waals surface area contributed by atoms with Gasteiger partial charge in [-0.25, -0.2) is 4.98 Å². The van der Waals surface area contributed by atoms with Crippen molar-refractivity contribution in [3.05, 3.63) is 65.7 Å². The number of aryl methyl sites for hydroxylation is 2. The predicted molar refractivity (Wildman–Crippen MR) is 86.4 cm³/mol. The van der Waals surface area contributed by atoms with Gasteiger partial charge in [-0.05, 0) is 49.2 Å². The van der Waals surface area contributed by atoms with Crippen LogP contribution >= 0.6 is 0 Å². The van der Waals surface area contributed by atoms with Crippen molar-refractivity contribution >= 4 is 22.1 Å². The number of hydrogen-bond acceptors (Lipinski definition) is 2. The summed E-state index contributed by atoms with van der Waals surface area (Å²) in [6.45, 7) is 4.24. The summed E-state index contributed by atoms with van der Waals surface area (Å²) < 4.78 is 5.86. The molecule has 2 heterocycles. The van der Waals surface area contributed by atoms with Crippen LogP contribution in [0.4, 0.5) is 0 Å². The van der Waals surface area contributed by atoms with Crippen molar-refractivity contribution in [3.63, 3.8) is 0 Å². The Balaban J connectivity index is 1.94. The van der Waals surface area contributed by atoms with E-state index in [0.717, 1.165) is 27.6 Å². The molecule has 0 saturated carbocycles. The second-order valence-electron chi connectivity index (χ2n) is 5.45. The molecule has 0 aliphatic carbocycles. The molecule has 0 radical (unpaired) electrons. The highest BCUT2D eigenvalue weighted by Crippen LogP contribution is 2.30. The Morgan fingerprint density at radius 1 is 0.810 bits per heavy atom. The van der Waals surface area contributed by atoms with E-state index in [9.17, 15) is 0 Å². The number of rotatable bonds is 1.